The second-order valence-corrected chi connectivity index (χ2v) is 7.36. The molecule has 6 heteroatoms. The number of halogens is 2. The summed E-state index contributed by atoms with van der Waals surface area (Å²) in [6, 6.07) is 8.21. The van der Waals surface area contributed by atoms with Crippen molar-refractivity contribution in [2.45, 2.75) is 6.04 Å². The molecule has 1 aromatic heterocycles. The summed E-state index contributed by atoms with van der Waals surface area (Å²) in [6.07, 6.45) is 0. The quantitative estimate of drug-likeness (QED) is 0.766. The van der Waals surface area contributed by atoms with Crippen LogP contribution in [0.15, 0.2) is 32.5 Å². The van der Waals surface area contributed by atoms with Gasteiger partial charge in [-0.25, -0.2) is 0 Å². The second kappa shape index (κ2) is 6.93. The molecular formula is C14H15Br2NO2S. The maximum Gasteiger partial charge on any atom is 0.161 e. The van der Waals surface area contributed by atoms with Gasteiger partial charge in [0.1, 0.15) is 0 Å². The topological polar surface area (TPSA) is 30.5 Å². The molecule has 1 unspecified atom stereocenters. The van der Waals surface area contributed by atoms with Gasteiger partial charge in [0.2, 0.25) is 0 Å². The smallest absolute Gasteiger partial charge is 0.161 e. The molecule has 0 aliphatic rings. The molecule has 0 aliphatic heterocycles. The van der Waals surface area contributed by atoms with E-state index in [9.17, 15) is 0 Å². The van der Waals surface area contributed by atoms with E-state index in [2.05, 4.69) is 43.2 Å². The highest BCUT2D eigenvalue weighted by molar-refractivity contribution is 9.13. The first kappa shape index (κ1) is 15.8. The predicted octanol–water partition coefficient (Wildman–Crippen LogP) is 4.60. The number of methoxy groups -OCH3 is 2. The summed E-state index contributed by atoms with van der Waals surface area (Å²) in [5.41, 5.74) is 1.13. The molecule has 0 aliphatic carbocycles. The van der Waals surface area contributed by atoms with Gasteiger partial charge < -0.3 is 14.8 Å². The van der Waals surface area contributed by atoms with Gasteiger partial charge in [-0.1, -0.05) is 6.07 Å². The Bertz CT molecular complexity index is 581. The van der Waals surface area contributed by atoms with E-state index in [1.54, 1.807) is 25.6 Å². The molecule has 0 amide bonds. The van der Waals surface area contributed by atoms with E-state index in [4.69, 9.17) is 9.47 Å². The number of hydrogen-bond donors (Lipinski definition) is 1. The number of thiophene rings is 1. The summed E-state index contributed by atoms with van der Waals surface area (Å²) in [7, 11) is 5.23. The molecule has 0 spiro atoms. The summed E-state index contributed by atoms with van der Waals surface area (Å²) in [5, 5.41) is 3.34. The van der Waals surface area contributed by atoms with E-state index in [1.165, 1.54) is 4.88 Å². The normalized spacial score (nSPS) is 12.2. The molecule has 0 fully saturated rings. The van der Waals surface area contributed by atoms with Gasteiger partial charge in [-0.15, -0.1) is 11.3 Å². The lowest BCUT2D eigenvalue weighted by Crippen LogP contribution is -2.16. The molecule has 108 valence electrons. The van der Waals surface area contributed by atoms with Gasteiger partial charge in [0.25, 0.3) is 0 Å². The van der Waals surface area contributed by atoms with Crippen molar-refractivity contribution in [3.05, 3.63) is 43.0 Å². The van der Waals surface area contributed by atoms with Crippen LogP contribution in [0.2, 0.25) is 0 Å². The molecule has 2 rings (SSSR count). The number of rotatable bonds is 5. The molecule has 1 aromatic carbocycles. The van der Waals surface area contributed by atoms with Crippen molar-refractivity contribution in [2.24, 2.45) is 0 Å². The molecule has 0 saturated heterocycles. The van der Waals surface area contributed by atoms with E-state index in [0.717, 1.165) is 25.3 Å². The van der Waals surface area contributed by atoms with Gasteiger partial charge in [0.15, 0.2) is 11.5 Å². The zero-order valence-electron chi connectivity index (χ0n) is 11.4. The summed E-state index contributed by atoms with van der Waals surface area (Å²) >= 11 is 8.76. The van der Waals surface area contributed by atoms with E-state index in [1.807, 2.05) is 25.2 Å². The van der Waals surface area contributed by atoms with Gasteiger partial charge in [-0.05, 0) is 62.7 Å². The highest BCUT2D eigenvalue weighted by Gasteiger charge is 2.18. The lowest BCUT2D eigenvalue weighted by atomic mass is 10.0. The van der Waals surface area contributed by atoms with Gasteiger partial charge in [-0.2, -0.15) is 0 Å². The molecule has 0 radical (unpaired) electrons. The van der Waals surface area contributed by atoms with Crippen molar-refractivity contribution in [1.29, 1.82) is 0 Å². The molecule has 20 heavy (non-hydrogen) atoms. The molecule has 0 bridgehead atoms. The van der Waals surface area contributed by atoms with E-state index in [-0.39, 0.29) is 6.04 Å². The number of ether oxygens (including phenoxy) is 2. The van der Waals surface area contributed by atoms with Crippen molar-refractivity contribution in [3.8, 4) is 11.5 Å². The molecule has 1 heterocycles. The molecule has 1 atom stereocenters. The largest absolute Gasteiger partial charge is 0.493 e. The average molecular weight is 421 g/mol. The van der Waals surface area contributed by atoms with Crippen LogP contribution in [0.3, 0.4) is 0 Å². The van der Waals surface area contributed by atoms with Crippen LogP contribution in [0.4, 0.5) is 0 Å². The third kappa shape index (κ3) is 3.19. The highest BCUT2D eigenvalue weighted by atomic mass is 79.9. The summed E-state index contributed by atoms with van der Waals surface area (Å²) in [6.45, 7) is 0. The van der Waals surface area contributed by atoms with Crippen LogP contribution < -0.4 is 14.8 Å². The van der Waals surface area contributed by atoms with Crippen molar-refractivity contribution < 1.29 is 9.47 Å². The van der Waals surface area contributed by atoms with Crippen LogP contribution in [-0.2, 0) is 0 Å². The Labute approximate surface area is 139 Å². The fraction of sp³-hybridized carbons (Fsp3) is 0.286. The van der Waals surface area contributed by atoms with Crippen LogP contribution in [0.1, 0.15) is 16.5 Å². The molecule has 1 N–H and O–H groups in total. The van der Waals surface area contributed by atoms with Gasteiger partial charge >= 0.3 is 0 Å². The number of nitrogens with one attached hydrogen (secondary N) is 1. The van der Waals surface area contributed by atoms with Crippen molar-refractivity contribution in [1.82, 2.24) is 5.32 Å². The average Bonchev–Trinajstić information content (AvgIpc) is 2.79. The third-order valence-corrected chi connectivity index (χ3v) is 6.30. The lowest BCUT2D eigenvalue weighted by molar-refractivity contribution is 0.354. The molecule has 3 nitrogen and oxygen atoms in total. The molecular weight excluding hydrogens is 406 g/mol. The van der Waals surface area contributed by atoms with Gasteiger partial charge in [0, 0.05) is 9.35 Å². The Balaban J connectivity index is 2.41. The van der Waals surface area contributed by atoms with Crippen LogP contribution in [0, 0.1) is 0 Å². The first-order valence-corrected chi connectivity index (χ1v) is 8.34. The monoisotopic (exact) mass is 419 g/mol. The van der Waals surface area contributed by atoms with Crippen LogP contribution in [0.5, 0.6) is 11.5 Å². The van der Waals surface area contributed by atoms with E-state index >= 15 is 0 Å². The maximum absolute atomic E-state index is 5.37. The van der Waals surface area contributed by atoms with Crippen molar-refractivity contribution in [2.75, 3.05) is 21.3 Å². The van der Waals surface area contributed by atoms with Crippen LogP contribution in [0.25, 0.3) is 0 Å². The Kier molecular flexibility index (Phi) is 5.49. The van der Waals surface area contributed by atoms with Crippen LogP contribution >= 0.6 is 43.2 Å². The fourth-order valence-electron chi connectivity index (χ4n) is 2.01. The van der Waals surface area contributed by atoms with E-state index in [0.29, 0.717) is 0 Å². The minimum Gasteiger partial charge on any atom is -0.493 e. The minimum atomic E-state index is 0.113. The zero-order chi connectivity index (χ0) is 14.7. The third-order valence-electron chi connectivity index (χ3n) is 2.98. The maximum atomic E-state index is 5.37. The fourth-order valence-corrected chi connectivity index (χ4v) is 4.24. The predicted molar refractivity (Wildman–Crippen MR) is 90.2 cm³/mol. The zero-order valence-corrected chi connectivity index (χ0v) is 15.4. The Morgan fingerprint density at radius 3 is 2.30 bits per heavy atom. The number of benzene rings is 1. The SMILES string of the molecule is CNC(c1ccc(OC)c(OC)c1)c1cc(Br)c(Br)s1. The number of hydrogen-bond acceptors (Lipinski definition) is 4. The van der Waals surface area contributed by atoms with Gasteiger partial charge in [0.05, 0.1) is 24.0 Å². The first-order chi connectivity index (χ1) is 9.60. The van der Waals surface area contributed by atoms with Gasteiger partial charge in [-0.3, -0.25) is 0 Å². The lowest BCUT2D eigenvalue weighted by Gasteiger charge is -2.17. The summed E-state index contributed by atoms with van der Waals surface area (Å²) < 4.78 is 12.8. The Morgan fingerprint density at radius 1 is 1.10 bits per heavy atom. The minimum absolute atomic E-state index is 0.113. The Morgan fingerprint density at radius 2 is 1.80 bits per heavy atom. The molecule has 2 aromatic rings. The van der Waals surface area contributed by atoms with Crippen molar-refractivity contribution >= 4 is 43.2 Å². The highest BCUT2D eigenvalue weighted by Crippen LogP contribution is 2.39. The van der Waals surface area contributed by atoms with Crippen molar-refractivity contribution in [3.63, 3.8) is 0 Å². The summed E-state index contributed by atoms with van der Waals surface area (Å²) in [5.74, 6) is 1.47. The Hall–Kier alpha value is -0.560. The first-order valence-electron chi connectivity index (χ1n) is 5.94. The molecule has 0 saturated carbocycles. The second-order valence-electron chi connectivity index (χ2n) is 4.11. The van der Waals surface area contributed by atoms with Crippen LogP contribution in [-0.4, -0.2) is 21.3 Å². The summed E-state index contributed by atoms with van der Waals surface area (Å²) in [4.78, 5) is 1.22. The van der Waals surface area contributed by atoms with E-state index < -0.39 is 0 Å². The standard InChI is InChI=1S/C14H15Br2NO2S/c1-17-13(12-7-9(15)14(16)20-12)8-4-5-10(18-2)11(6-8)19-3/h4-7,13,17H,1-3H3.